The number of amidine groups is 1. The molecule has 0 radical (unpaired) electrons. The lowest BCUT2D eigenvalue weighted by molar-refractivity contribution is 0.102. The Morgan fingerprint density at radius 1 is 1.19 bits per heavy atom. The summed E-state index contributed by atoms with van der Waals surface area (Å²) in [5, 5.41) is 14.6. The maximum absolute atomic E-state index is 14.4. The van der Waals surface area contributed by atoms with Gasteiger partial charge in [-0.15, -0.1) is 0 Å². The van der Waals surface area contributed by atoms with Gasteiger partial charge in [-0.25, -0.2) is 29.0 Å². The number of nitrogens with zero attached hydrogens (tertiary/aromatic N) is 7. The second-order valence-electron chi connectivity index (χ2n) is 9.13. The number of benzene rings is 1. The number of H-pyrrole nitrogens is 1. The third kappa shape index (κ3) is 3.69. The number of rotatable bonds is 5. The fourth-order valence-electron chi connectivity index (χ4n) is 4.34. The number of anilines is 1. The second-order valence-corrected chi connectivity index (χ2v) is 9.13. The first-order chi connectivity index (χ1) is 17.8. The third-order valence-corrected chi connectivity index (χ3v) is 6.35. The number of halogens is 1. The lowest BCUT2D eigenvalue weighted by Gasteiger charge is -2.21. The summed E-state index contributed by atoms with van der Waals surface area (Å²) >= 11 is 0. The molecule has 0 bridgehead atoms. The SMILES string of the molecule is CC1(C)C(N)=Nc2nc(-c3nn(Cc4ccccc4F)c4ncccc34)nc(C(=O)Nc3cn[nH]c3)c21. The number of carbonyl (C=O) groups is 1. The maximum Gasteiger partial charge on any atom is 0.274 e. The molecule has 5 heterocycles. The van der Waals surface area contributed by atoms with Crippen LogP contribution in [0.4, 0.5) is 15.9 Å². The first-order valence-corrected chi connectivity index (χ1v) is 11.5. The first kappa shape index (κ1) is 22.5. The van der Waals surface area contributed by atoms with Crippen molar-refractivity contribution in [2.75, 3.05) is 5.32 Å². The fourth-order valence-corrected chi connectivity index (χ4v) is 4.34. The third-order valence-electron chi connectivity index (χ3n) is 6.35. The highest BCUT2D eigenvalue weighted by Gasteiger charge is 2.40. The van der Waals surface area contributed by atoms with Crippen molar-refractivity contribution in [3.05, 3.63) is 77.6 Å². The number of amides is 1. The molecule has 11 nitrogen and oxygen atoms in total. The molecule has 4 aromatic heterocycles. The molecule has 12 heteroatoms. The van der Waals surface area contributed by atoms with E-state index in [2.05, 4.69) is 40.6 Å². The van der Waals surface area contributed by atoms with Crippen molar-refractivity contribution in [3.63, 3.8) is 0 Å². The molecule has 5 aromatic rings. The van der Waals surface area contributed by atoms with E-state index >= 15 is 0 Å². The summed E-state index contributed by atoms with van der Waals surface area (Å²) in [5.41, 5.74) is 7.95. The van der Waals surface area contributed by atoms with Crippen LogP contribution >= 0.6 is 0 Å². The zero-order valence-corrected chi connectivity index (χ0v) is 19.9. The van der Waals surface area contributed by atoms with Crippen molar-refractivity contribution in [1.82, 2.24) is 34.9 Å². The quantitative estimate of drug-likeness (QED) is 0.337. The second kappa shape index (κ2) is 8.29. The molecule has 0 unspecified atom stereocenters. The number of pyridine rings is 1. The fraction of sp³-hybridized carbons (Fsp3) is 0.160. The Bertz CT molecular complexity index is 1700. The summed E-state index contributed by atoms with van der Waals surface area (Å²) in [7, 11) is 0. The van der Waals surface area contributed by atoms with Crippen molar-refractivity contribution in [2.45, 2.75) is 25.8 Å². The number of hydrogen-bond donors (Lipinski definition) is 3. The molecule has 1 aliphatic rings. The summed E-state index contributed by atoms with van der Waals surface area (Å²) in [4.78, 5) is 31.6. The van der Waals surface area contributed by atoms with Gasteiger partial charge < -0.3 is 11.1 Å². The average Bonchev–Trinajstić information content (AvgIpc) is 3.58. The van der Waals surface area contributed by atoms with E-state index < -0.39 is 11.3 Å². The van der Waals surface area contributed by atoms with Gasteiger partial charge in [0.2, 0.25) is 0 Å². The monoisotopic (exact) mass is 496 g/mol. The number of fused-ring (bicyclic) bond motifs is 2. The Kier molecular flexibility index (Phi) is 5.04. The van der Waals surface area contributed by atoms with E-state index in [1.807, 2.05) is 19.9 Å². The highest BCUT2D eigenvalue weighted by Crippen LogP contribution is 2.41. The van der Waals surface area contributed by atoms with Gasteiger partial charge in [0.25, 0.3) is 5.91 Å². The zero-order chi connectivity index (χ0) is 25.7. The largest absolute Gasteiger partial charge is 0.386 e. The normalized spacial score (nSPS) is 14.0. The van der Waals surface area contributed by atoms with Gasteiger partial charge in [-0.3, -0.25) is 9.89 Å². The molecular formula is C25H21FN10O. The Morgan fingerprint density at radius 2 is 2.03 bits per heavy atom. The van der Waals surface area contributed by atoms with E-state index in [0.717, 1.165) is 0 Å². The van der Waals surface area contributed by atoms with Gasteiger partial charge in [-0.1, -0.05) is 18.2 Å². The van der Waals surface area contributed by atoms with Crippen LogP contribution in [0.5, 0.6) is 0 Å². The van der Waals surface area contributed by atoms with Crippen LogP contribution in [0.25, 0.3) is 22.6 Å². The van der Waals surface area contributed by atoms with Crippen LogP contribution in [0.2, 0.25) is 0 Å². The standard InChI is InChI=1S/C25H21FN10O/c1-25(2)17-19(23(37)31-14-10-29-30-11-14)32-21(33-20(17)34-24(25)27)18-15-7-5-9-28-22(15)36(35-18)12-13-6-3-4-8-16(13)26/h3-11H,12H2,1-2H3,(H,29,30)(H,31,37)(H2,27,32,33,34). The van der Waals surface area contributed by atoms with E-state index in [1.165, 1.54) is 12.3 Å². The summed E-state index contributed by atoms with van der Waals surface area (Å²) in [5.74, 6) is -0.0146. The molecule has 184 valence electrons. The van der Waals surface area contributed by atoms with Gasteiger partial charge in [-0.05, 0) is 32.0 Å². The Balaban J connectivity index is 1.52. The van der Waals surface area contributed by atoms with Gasteiger partial charge >= 0.3 is 0 Å². The summed E-state index contributed by atoms with van der Waals surface area (Å²) < 4.78 is 16.0. The lowest BCUT2D eigenvalue weighted by Crippen LogP contribution is -2.34. The number of nitrogens with one attached hydrogen (secondary N) is 2. The minimum Gasteiger partial charge on any atom is -0.386 e. The Morgan fingerprint density at radius 3 is 2.81 bits per heavy atom. The van der Waals surface area contributed by atoms with Crippen LogP contribution < -0.4 is 11.1 Å². The van der Waals surface area contributed by atoms with Gasteiger partial charge in [-0.2, -0.15) is 10.2 Å². The van der Waals surface area contributed by atoms with Crippen LogP contribution in [0, 0.1) is 5.82 Å². The topological polar surface area (TPSA) is 153 Å². The maximum atomic E-state index is 14.4. The summed E-state index contributed by atoms with van der Waals surface area (Å²) in [6.07, 6.45) is 4.67. The Labute approximate surface area is 209 Å². The molecule has 1 aliphatic heterocycles. The van der Waals surface area contributed by atoms with Crippen LogP contribution in [0.15, 0.2) is 60.0 Å². The van der Waals surface area contributed by atoms with E-state index in [-0.39, 0.29) is 23.9 Å². The molecule has 6 rings (SSSR count). The van der Waals surface area contributed by atoms with E-state index in [0.29, 0.717) is 45.2 Å². The van der Waals surface area contributed by atoms with Crippen molar-refractivity contribution < 1.29 is 9.18 Å². The van der Waals surface area contributed by atoms with Crippen molar-refractivity contribution in [3.8, 4) is 11.5 Å². The predicted octanol–water partition coefficient (Wildman–Crippen LogP) is 3.33. The van der Waals surface area contributed by atoms with Gasteiger partial charge in [0.1, 0.15) is 23.0 Å². The van der Waals surface area contributed by atoms with E-state index in [1.54, 1.807) is 41.3 Å². The molecule has 0 saturated carbocycles. The molecule has 0 saturated heterocycles. The van der Waals surface area contributed by atoms with Gasteiger partial charge in [0.15, 0.2) is 17.3 Å². The lowest BCUT2D eigenvalue weighted by atomic mass is 9.84. The molecule has 37 heavy (non-hydrogen) atoms. The van der Waals surface area contributed by atoms with E-state index in [4.69, 9.17) is 5.73 Å². The molecule has 0 atom stereocenters. The number of hydrogen-bond acceptors (Lipinski definition) is 8. The van der Waals surface area contributed by atoms with Crippen LogP contribution in [0.1, 0.15) is 35.5 Å². The van der Waals surface area contributed by atoms with Crippen LogP contribution in [-0.4, -0.2) is 46.7 Å². The number of aromatic nitrogens is 7. The summed E-state index contributed by atoms with van der Waals surface area (Å²) in [6.45, 7) is 3.87. The predicted molar refractivity (Wildman–Crippen MR) is 135 cm³/mol. The number of carbonyl (C=O) groups excluding carboxylic acids is 1. The van der Waals surface area contributed by atoms with Gasteiger partial charge in [0, 0.05) is 23.5 Å². The van der Waals surface area contributed by atoms with Crippen molar-refractivity contribution in [1.29, 1.82) is 0 Å². The number of nitrogens with two attached hydrogens (primary N) is 1. The Hall–Kier alpha value is -5.00. The van der Waals surface area contributed by atoms with Crippen molar-refractivity contribution in [2.24, 2.45) is 10.7 Å². The van der Waals surface area contributed by atoms with Crippen LogP contribution in [-0.2, 0) is 12.0 Å². The molecule has 0 aliphatic carbocycles. The van der Waals surface area contributed by atoms with Crippen molar-refractivity contribution >= 4 is 34.3 Å². The smallest absolute Gasteiger partial charge is 0.274 e. The molecular weight excluding hydrogens is 475 g/mol. The summed E-state index contributed by atoms with van der Waals surface area (Å²) in [6, 6.07) is 10.1. The molecule has 1 amide bonds. The minimum absolute atomic E-state index is 0.121. The van der Waals surface area contributed by atoms with Crippen LogP contribution in [0.3, 0.4) is 0 Å². The molecule has 0 fully saturated rings. The number of aromatic amines is 1. The van der Waals surface area contributed by atoms with E-state index in [9.17, 15) is 9.18 Å². The average molecular weight is 497 g/mol. The highest BCUT2D eigenvalue weighted by molar-refractivity contribution is 6.09. The highest BCUT2D eigenvalue weighted by atomic mass is 19.1. The molecule has 4 N–H and O–H groups in total. The van der Waals surface area contributed by atoms with Gasteiger partial charge in [0.05, 0.1) is 29.2 Å². The molecule has 0 spiro atoms. The molecule has 1 aromatic carbocycles. The number of aliphatic imine (C=N–C) groups is 1. The first-order valence-electron chi connectivity index (χ1n) is 11.5. The minimum atomic E-state index is -0.759. The zero-order valence-electron chi connectivity index (χ0n) is 19.9.